The molecule has 18 heavy (non-hydrogen) atoms. The van der Waals surface area contributed by atoms with E-state index in [4.69, 9.17) is 10.8 Å². The number of nitrogens with two attached hydrogens (primary N) is 1. The Bertz CT molecular complexity index is 271. The summed E-state index contributed by atoms with van der Waals surface area (Å²) < 4.78 is 0. The predicted molar refractivity (Wildman–Crippen MR) is 73.6 cm³/mol. The summed E-state index contributed by atoms with van der Waals surface area (Å²) in [6, 6.07) is 0.631. The van der Waals surface area contributed by atoms with Crippen LogP contribution in [0.25, 0.3) is 0 Å². The zero-order chi connectivity index (χ0) is 13.6. The Hall–Kier alpha value is -0.610. The molecule has 2 unspecified atom stereocenters. The number of nitrogens with zero attached hydrogens (tertiary/aromatic N) is 1. The van der Waals surface area contributed by atoms with Crippen molar-refractivity contribution in [3.63, 3.8) is 0 Å². The predicted octanol–water partition coefficient (Wildman–Crippen LogP) is 2.22. The molecule has 1 fully saturated rings. The van der Waals surface area contributed by atoms with Gasteiger partial charge in [-0.3, -0.25) is 4.79 Å². The van der Waals surface area contributed by atoms with E-state index < -0.39 is 11.5 Å². The van der Waals surface area contributed by atoms with Gasteiger partial charge in [0.05, 0.1) is 0 Å². The lowest BCUT2D eigenvalue weighted by atomic mass is 9.91. The summed E-state index contributed by atoms with van der Waals surface area (Å²) in [5.74, 6) is -0.867. The zero-order valence-corrected chi connectivity index (χ0v) is 11.8. The Morgan fingerprint density at radius 3 is 2.78 bits per heavy atom. The van der Waals surface area contributed by atoms with Crippen molar-refractivity contribution in [3.05, 3.63) is 0 Å². The number of rotatable bonds is 6. The third-order valence-electron chi connectivity index (χ3n) is 4.32. The van der Waals surface area contributed by atoms with Crippen molar-refractivity contribution in [3.8, 4) is 0 Å². The molecule has 0 saturated carbocycles. The van der Waals surface area contributed by atoms with Crippen LogP contribution in [0.5, 0.6) is 0 Å². The summed E-state index contributed by atoms with van der Waals surface area (Å²) in [6.45, 7) is 6.26. The highest BCUT2D eigenvalue weighted by atomic mass is 16.4. The van der Waals surface area contributed by atoms with Gasteiger partial charge in [-0.2, -0.15) is 0 Å². The molecule has 0 aromatic carbocycles. The molecule has 0 aromatic heterocycles. The lowest BCUT2D eigenvalue weighted by Crippen LogP contribution is -2.48. The van der Waals surface area contributed by atoms with Crippen molar-refractivity contribution in [1.82, 2.24) is 4.90 Å². The van der Waals surface area contributed by atoms with Crippen LogP contribution in [0.1, 0.15) is 58.8 Å². The van der Waals surface area contributed by atoms with E-state index in [1.165, 1.54) is 25.7 Å². The third kappa shape index (κ3) is 4.25. The summed E-state index contributed by atoms with van der Waals surface area (Å²) in [6.07, 6.45) is 7.13. The quantitative estimate of drug-likeness (QED) is 0.764. The number of hydrogen-bond acceptors (Lipinski definition) is 3. The molecule has 3 N–H and O–H groups in total. The van der Waals surface area contributed by atoms with Gasteiger partial charge in [-0.05, 0) is 52.1 Å². The first kappa shape index (κ1) is 15.4. The van der Waals surface area contributed by atoms with Gasteiger partial charge in [0.25, 0.3) is 0 Å². The van der Waals surface area contributed by atoms with Crippen LogP contribution in [0.3, 0.4) is 0 Å². The molecular formula is C14H28N2O2. The van der Waals surface area contributed by atoms with E-state index >= 15 is 0 Å². The maximum Gasteiger partial charge on any atom is 0.323 e. The molecule has 106 valence electrons. The normalized spacial score (nSPS) is 25.4. The van der Waals surface area contributed by atoms with E-state index in [1.54, 1.807) is 0 Å². The van der Waals surface area contributed by atoms with Gasteiger partial charge >= 0.3 is 5.97 Å². The van der Waals surface area contributed by atoms with Crippen LogP contribution in [-0.2, 0) is 4.79 Å². The maximum atomic E-state index is 11.1. The molecule has 0 spiro atoms. The van der Waals surface area contributed by atoms with Crippen molar-refractivity contribution in [1.29, 1.82) is 0 Å². The first-order valence-electron chi connectivity index (χ1n) is 7.26. The fourth-order valence-corrected chi connectivity index (χ4v) is 2.70. The molecule has 0 radical (unpaired) electrons. The van der Waals surface area contributed by atoms with Crippen LogP contribution in [0, 0.1) is 0 Å². The topological polar surface area (TPSA) is 66.6 Å². The largest absolute Gasteiger partial charge is 0.480 e. The number of carbonyl (C=O) groups is 1. The molecule has 0 amide bonds. The second-order valence-corrected chi connectivity index (χ2v) is 5.65. The number of hydrogen-bond donors (Lipinski definition) is 2. The lowest BCUT2D eigenvalue weighted by Gasteiger charge is -2.29. The number of carboxylic acids is 1. The molecule has 1 heterocycles. The Balaban J connectivity index is 2.37. The lowest BCUT2D eigenvalue weighted by molar-refractivity contribution is -0.143. The third-order valence-corrected chi connectivity index (χ3v) is 4.32. The van der Waals surface area contributed by atoms with Gasteiger partial charge in [-0.15, -0.1) is 0 Å². The molecule has 4 heteroatoms. The smallest absolute Gasteiger partial charge is 0.323 e. The number of carboxylic acid groups (broad SMARTS) is 1. The average molecular weight is 256 g/mol. The van der Waals surface area contributed by atoms with Crippen molar-refractivity contribution >= 4 is 5.97 Å². The fraction of sp³-hybridized carbons (Fsp3) is 0.929. The fourth-order valence-electron chi connectivity index (χ4n) is 2.70. The summed E-state index contributed by atoms with van der Waals surface area (Å²) in [7, 11) is 0. The molecule has 0 aromatic rings. The summed E-state index contributed by atoms with van der Waals surface area (Å²) >= 11 is 0. The highest BCUT2D eigenvalue weighted by Crippen LogP contribution is 2.19. The summed E-state index contributed by atoms with van der Waals surface area (Å²) in [5.41, 5.74) is 4.87. The second-order valence-electron chi connectivity index (χ2n) is 5.65. The van der Waals surface area contributed by atoms with Gasteiger partial charge in [0.15, 0.2) is 0 Å². The van der Waals surface area contributed by atoms with Gasteiger partial charge < -0.3 is 15.7 Å². The Kier molecular flexibility index (Phi) is 6.09. The van der Waals surface area contributed by atoms with Crippen molar-refractivity contribution in [2.45, 2.75) is 70.4 Å². The molecule has 0 bridgehead atoms. The average Bonchev–Trinajstić information content (AvgIpc) is 2.54. The van der Waals surface area contributed by atoms with Gasteiger partial charge in [0, 0.05) is 6.04 Å². The van der Waals surface area contributed by atoms with Gasteiger partial charge in [-0.1, -0.05) is 19.8 Å². The molecule has 1 saturated heterocycles. The number of likely N-dealkylation sites (tertiary alicyclic amines) is 1. The van der Waals surface area contributed by atoms with Crippen LogP contribution < -0.4 is 5.73 Å². The van der Waals surface area contributed by atoms with Crippen LogP contribution in [0.2, 0.25) is 0 Å². The highest BCUT2D eigenvalue weighted by Gasteiger charge is 2.31. The van der Waals surface area contributed by atoms with Gasteiger partial charge in [-0.25, -0.2) is 0 Å². The molecule has 2 atom stereocenters. The monoisotopic (exact) mass is 256 g/mol. The maximum absolute atomic E-state index is 11.1. The Morgan fingerprint density at radius 1 is 1.44 bits per heavy atom. The zero-order valence-electron chi connectivity index (χ0n) is 11.8. The van der Waals surface area contributed by atoms with Crippen LogP contribution in [0.4, 0.5) is 0 Å². The minimum Gasteiger partial charge on any atom is -0.480 e. The molecule has 0 aliphatic carbocycles. The number of aliphatic carboxylic acids is 1. The molecule has 4 nitrogen and oxygen atoms in total. The Morgan fingerprint density at radius 2 is 2.17 bits per heavy atom. The van der Waals surface area contributed by atoms with Crippen LogP contribution in [0.15, 0.2) is 0 Å². The van der Waals surface area contributed by atoms with Crippen LogP contribution in [-0.4, -0.2) is 40.6 Å². The van der Waals surface area contributed by atoms with Gasteiger partial charge in [0.1, 0.15) is 5.54 Å². The van der Waals surface area contributed by atoms with Crippen molar-refractivity contribution in [2.75, 3.05) is 13.1 Å². The second kappa shape index (κ2) is 7.10. The van der Waals surface area contributed by atoms with Gasteiger partial charge in [0.2, 0.25) is 0 Å². The Labute approximate surface area is 111 Å². The molecular weight excluding hydrogens is 228 g/mol. The first-order valence-corrected chi connectivity index (χ1v) is 7.26. The molecule has 1 rings (SSSR count). The van der Waals surface area contributed by atoms with E-state index in [1.807, 2.05) is 6.92 Å². The summed E-state index contributed by atoms with van der Waals surface area (Å²) in [4.78, 5) is 13.6. The van der Waals surface area contributed by atoms with E-state index in [-0.39, 0.29) is 0 Å². The van der Waals surface area contributed by atoms with Crippen molar-refractivity contribution < 1.29 is 9.90 Å². The van der Waals surface area contributed by atoms with E-state index in [0.29, 0.717) is 18.9 Å². The van der Waals surface area contributed by atoms with Crippen molar-refractivity contribution in [2.24, 2.45) is 5.73 Å². The van der Waals surface area contributed by atoms with E-state index in [2.05, 4.69) is 11.8 Å². The minimum atomic E-state index is -1.03. The molecule has 1 aliphatic heterocycles. The SMILES string of the molecule is CCC(N)(CCCN1CCCCCC1C)C(=O)O. The highest BCUT2D eigenvalue weighted by molar-refractivity contribution is 5.78. The minimum absolute atomic E-state index is 0.498. The standard InChI is InChI=1S/C14H28N2O2/c1-3-14(15,13(17)18)9-7-11-16-10-6-4-5-8-12(16)2/h12H,3-11,15H2,1-2H3,(H,17,18). The van der Waals surface area contributed by atoms with E-state index in [0.717, 1.165) is 19.5 Å². The summed E-state index contributed by atoms with van der Waals surface area (Å²) in [5, 5.41) is 9.13. The first-order chi connectivity index (χ1) is 8.49. The molecule has 1 aliphatic rings. The van der Waals surface area contributed by atoms with E-state index in [9.17, 15) is 4.79 Å². The van der Waals surface area contributed by atoms with Crippen LogP contribution >= 0.6 is 0 Å².